The lowest BCUT2D eigenvalue weighted by Gasteiger charge is -2.10. The third-order valence-corrected chi connectivity index (χ3v) is 3.34. The predicted molar refractivity (Wildman–Crippen MR) is 92.5 cm³/mol. The molecule has 7 nitrogen and oxygen atoms in total. The molecule has 0 aliphatic carbocycles. The number of nitrogens with zero attached hydrogens (tertiary/aromatic N) is 1. The molecule has 2 aromatic heterocycles. The number of hydrogen-bond donors (Lipinski definition) is 0. The van der Waals surface area contributed by atoms with Crippen LogP contribution >= 0.6 is 0 Å². The fourth-order valence-electron chi connectivity index (χ4n) is 2.35. The first-order valence-corrected chi connectivity index (χ1v) is 7.59. The second-order valence-corrected chi connectivity index (χ2v) is 5.61. The second-order valence-electron chi connectivity index (χ2n) is 5.61. The van der Waals surface area contributed by atoms with Gasteiger partial charge < -0.3 is 13.6 Å². The molecule has 7 heteroatoms. The van der Waals surface area contributed by atoms with E-state index in [1.165, 1.54) is 18.2 Å². The van der Waals surface area contributed by atoms with E-state index in [-0.39, 0.29) is 12.0 Å². The number of fused-ring (bicyclic) bond motifs is 1. The van der Waals surface area contributed by atoms with Crippen molar-refractivity contribution >= 4 is 29.0 Å². The van der Waals surface area contributed by atoms with Crippen LogP contribution in [0.5, 0.6) is 5.75 Å². The van der Waals surface area contributed by atoms with Crippen LogP contribution in [0.15, 0.2) is 50.0 Å². The zero-order valence-electron chi connectivity index (χ0n) is 13.6. The highest BCUT2D eigenvalue weighted by molar-refractivity contribution is 5.89. The number of benzene rings is 1. The molecule has 3 rings (SSSR count). The van der Waals surface area contributed by atoms with Crippen LogP contribution in [0.1, 0.15) is 25.2 Å². The van der Waals surface area contributed by atoms with E-state index in [9.17, 15) is 14.9 Å². The summed E-state index contributed by atoms with van der Waals surface area (Å²) in [6.45, 7) is 3.81. The number of ether oxygens (including phenoxy) is 1. The van der Waals surface area contributed by atoms with Crippen molar-refractivity contribution in [2.75, 3.05) is 0 Å². The van der Waals surface area contributed by atoms with E-state index in [1.54, 1.807) is 30.4 Å². The maximum Gasteiger partial charge on any atom is 0.433 e. The van der Waals surface area contributed by atoms with Crippen molar-refractivity contribution in [3.05, 3.63) is 68.3 Å². The predicted octanol–water partition coefficient (Wildman–Crippen LogP) is 4.25. The van der Waals surface area contributed by atoms with Crippen LogP contribution < -0.4 is 10.4 Å². The maximum absolute atomic E-state index is 11.8. The van der Waals surface area contributed by atoms with E-state index in [0.29, 0.717) is 28.0 Å². The molecule has 25 heavy (non-hydrogen) atoms. The van der Waals surface area contributed by atoms with Gasteiger partial charge in [0.15, 0.2) is 0 Å². The maximum atomic E-state index is 11.8. The van der Waals surface area contributed by atoms with Crippen molar-refractivity contribution in [3.8, 4) is 5.75 Å². The van der Waals surface area contributed by atoms with Crippen LogP contribution in [0.25, 0.3) is 23.1 Å². The molecule has 0 amide bonds. The Hall–Kier alpha value is -3.35. The van der Waals surface area contributed by atoms with Gasteiger partial charge in [0, 0.05) is 17.5 Å². The minimum atomic E-state index is -0.611. The van der Waals surface area contributed by atoms with Gasteiger partial charge in [0.1, 0.15) is 22.0 Å². The number of furan rings is 1. The summed E-state index contributed by atoms with van der Waals surface area (Å²) in [5.41, 5.74) is 0.511. The molecular formula is C18H15NO6. The highest BCUT2D eigenvalue weighted by Gasteiger charge is 2.10. The smallest absolute Gasteiger partial charge is 0.433 e. The zero-order valence-corrected chi connectivity index (χ0v) is 13.6. The number of nitro groups is 1. The average Bonchev–Trinajstić information content (AvgIpc) is 3.00. The molecule has 0 fully saturated rings. The van der Waals surface area contributed by atoms with Crippen LogP contribution in [-0.2, 0) is 0 Å². The molecule has 128 valence electrons. The number of rotatable bonds is 5. The Morgan fingerprint density at radius 3 is 2.60 bits per heavy atom. The third kappa shape index (κ3) is 3.77. The Morgan fingerprint density at radius 2 is 1.92 bits per heavy atom. The molecule has 2 heterocycles. The Kier molecular flexibility index (Phi) is 4.38. The Bertz CT molecular complexity index is 1010. The lowest BCUT2D eigenvalue weighted by Crippen LogP contribution is -2.05. The van der Waals surface area contributed by atoms with Gasteiger partial charge in [-0.2, -0.15) is 0 Å². The topological polar surface area (TPSA) is 95.7 Å². The van der Waals surface area contributed by atoms with Gasteiger partial charge in [0.2, 0.25) is 0 Å². The molecular weight excluding hydrogens is 326 g/mol. The van der Waals surface area contributed by atoms with Gasteiger partial charge in [0.05, 0.1) is 12.2 Å². The molecule has 0 saturated carbocycles. The summed E-state index contributed by atoms with van der Waals surface area (Å²) < 4.78 is 15.9. The fraction of sp³-hybridized carbons (Fsp3) is 0.167. The van der Waals surface area contributed by atoms with Crippen molar-refractivity contribution < 1.29 is 18.5 Å². The fourth-order valence-corrected chi connectivity index (χ4v) is 2.35. The molecule has 0 bridgehead atoms. The van der Waals surface area contributed by atoms with Gasteiger partial charge in [-0.25, -0.2) is 4.79 Å². The summed E-state index contributed by atoms with van der Waals surface area (Å²) in [4.78, 5) is 21.8. The minimum absolute atomic E-state index is 0.00185. The van der Waals surface area contributed by atoms with Crippen LogP contribution in [0.4, 0.5) is 5.88 Å². The normalized spacial score (nSPS) is 11.5. The summed E-state index contributed by atoms with van der Waals surface area (Å²) in [5, 5.41) is 11.4. The Labute approximate surface area is 142 Å². The van der Waals surface area contributed by atoms with Gasteiger partial charge in [-0.05, 0) is 43.7 Å². The van der Waals surface area contributed by atoms with E-state index in [2.05, 4.69) is 0 Å². The summed E-state index contributed by atoms with van der Waals surface area (Å²) in [5.74, 6) is 0.578. The van der Waals surface area contributed by atoms with Crippen LogP contribution in [0, 0.1) is 10.1 Å². The molecule has 0 unspecified atom stereocenters. The highest BCUT2D eigenvalue weighted by Crippen LogP contribution is 2.25. The number of hydrogen-bond acceptors (Lipinski definition) is 6. The largest absolute Gasteiger partial charge is 0.491 e. The van der Waals surface area contributed by atoms with E-state index in [4.69, 9.17) is 13.6 Å². The van der Waals surface area contributed by atoms with Crippen molar-refractivity contribution in [1.82, 2.24) is 0 Å². The van der Waals surface area contributed by atoms with Gasteiger partial charge in [-0.3, -0.25) is 10.1 Å². The lowest BCUT2D eigenvalue weighted by molar-refractivity contribution is -0.402. The zero-order chi connectivity index (χ0) is 18.0. The molecule has 0 saturated heterocycles. The molecule has 1 aromatic carbocycles. The molecule has 3 aromatic rings. The molecule has 0 N–H and O–H groups in total. The van der Waals surface area contributed by atoms with Crippen molar-refractivity contribution in [2.45, 2.75) is 20.0 Å². The summed E-state index contributed by atoms with van der Waals surface area (Å²) in [6, 6.07) is 9.34. The summed E-state index contributed by atoms with van der Waals surface area (Å²) in [6.07, 6.45) is 3.20. The molecule has 0 spiro atoms. The molecule has 0 atom stereocenters. The summed E-state index contributed by atoms with van der Waals surface area (Å²) >= 11 is 0. The highest BCUT2D eigenvalue weighted by atomic mass is 16.6. The monoisotopic (exact) mass is 341 g/mol. The van der Waals surface area contributed by atoms with E-state index < -0.39 is 10.5 Å². The van der Waals surface area contributed by atoms with E-state index in [1.807, 2.05) is 13.8 Å². The first-order valence-electron chi connectivity index (χ1n) is 7.59. The molecule has 0 radical (unpaired) electrons. The lowest BCUT2D eigenvalue weighted by atomic mass is 10.1. The van der Waals surface area contributed by atoms with Crippen LogP contribution in [-0.4, -0.2) is 11.0 Å². The first-order chi connectivity index (χ1) is 11.9. The van der Waals surface area contributed by atoms with Crippen molar-refractivity contribution in [3.63, 3.8) is 0 Å². The average molecular weight is 341 g/mol. The SMILES string of the molecule is CC(C)Oc1ccc2c(/C=C/c3ccc([N+](=O)[O-])o3)cc(=O)oc2c1. The van der Waals surface area contributed by atoms with Crippen LogP contribution in [0.3, 0.4) is 0 Å². The van der Waals surface area contributed by atoms with Gasteiger partial charge in [-0.1, -0.05) is 6.08 Å². The van der Waals surface area contributed by atoms with Crippen molar-refractivity contribution in [2.24, 2.45) is 0 Å². The molecule has 0 aliphatic rings. The van der Waals surface area contributed by atoms with E-state index in [0.717, 1.165) is 0 Å². The van der Waals surface area contributed by atoms with Crippen molar-refractivity contribution in [1.29, 1.82) is 0 Å². The van der Waals surface area contributed by atoms with E-state index >= 15 is 0 Å². The second kappa shape index (κ2) is 6.64. The van der Waals surface area contributed by atoms with Gasteiger partial charge in [0.25, 0.3) is 0 Å². The minimum Gasteiger partial charge on any atom is -0.491 e. The van der Waals surface area contributed by atoms with Gasteiger partial charge >= 0.3 is 11.5 Å². The Morgan fingerprint density at radius 1 is 1.12 bits per heavy atom. The Balaban J connectivity index is 1.98. The standard InChI is InChI=1S/C18H15NO6/c1-11(2)23-14-5-7-15-12(9-18(20)25-16(15)10-14)3-4-13-6-8-17(24-13)19(21)22/h3-11H,1-2H3/b4-3+. The quantitative estimate of drug-likeness (QED) is 0.391. The van der Waals surface area contributed by atoms with Gasteiger partial charge in [-0.15, -0.1) is 0 Å². The third-order valence-electron chi connectivity index (χ3n) is 3.34. The first kappa shape index (κ1) is 16.5. The van der Waals surface area contributed by atoms with Crippen LogP contribution in [0.2, 0.25) is 0 Å². The molecule has 0 aliphatic heterocycles. The summed E-state index contributed by atoms with van der Waals surface area (Å²) in [7, 11) is 0.